The molecule has 2 fully saturated rings. The van der Waals surface area contributed by atoms with E-state index in [1.54, 1.807) is 0 Å². The van der Waals surface area contributed by atoms with Crippen molar-refractivity contribution >= 4 is 5.91 Å². The van der Waals surface area contributed by atoms with E-state index in [0.717, 1.165) is 64.9 Å². The van der Waals surface area contributed by atoms with Crippen LogP contribution in [0.4, 0.5) is 0 Å². The van der Waals surface area contributed by atoms with Crippen molar-refractivity contribution < 1.29 is 9.53 Å². The highest BCUT2D eigenvalue weighted by molar-refractivity contribution is 5.78. The van der Waals surface area contributed by atoms with E-state index in [9.17, 15) is 4.79 Å². The Hall–Kier alpha value is -0.650. The fraction of sp³-hybridized carbons (Fsp3) is 0.938. The molecule has 0 aromatic rings. The van der Waals surface area contributed by atoms with E-state index in [1.807, 2.05) is 0 Å². The Bertz CT molecular complexity index is 323. The predicted molar refractivity (Wildman–Crippen MR) is 84.4 cm³/mol. The van der Waals surface area contributed by atoms with Crippen LogP contribution in [-0.2, 0) is 9.53 Å². The van der Waals surface area contributed by atoms with Gasteiger partial charge in [-0.2, -0.15) is 0 Å². The first kappa shape index (κ1) is 16.7. The maximum Gasteiger partial charge on any atom is 0.234 e. The molecule has 2 N–H and O–H groups in total. The first-order chi connectivity index (χ1) is 10.2. The van der Waals surface area contributed by atoms with Crippen LogP contribution in [0.15, 0.2) is 0 Å². The Balaban J connectivity index is 1.78. The lowest BCUT2D eigenvalue weighted by molar-refractivity contribution is -0.127. The summed E-state index contributed by atoms with van der Waals surface area (Å²) in [5, 5.41) is 6.60. The third kappa shape index (κ3) is 4.94. The van der Waals surface area contributed by atoms with Crippen LogP contribution in [0.5, 0.6) is 0 Å². The summed E-state index contributed by atoms with van der Waals surface area (Å²) in [5.41, 5.74) is -0.0251. The summed E-state index contributed by atoms with van der Waals surface area (Å²) in [6.45, 7) is 9.68. The van der Waals surface area contributed by atoms with Crippen molar-refractivity contribution in [2.24, 2.45) is 0 Å². The maximum absolute atomic E-state index is 12.3. The van der Waals surface area contributed by atoms with Crippen molar-refractivity contribution in [2.75, 3.05) is 39.3 Å². The number of hydrogen-bond donors (Lipinski definition) is 2. The van der Waals surface area contributed by atoms with E-state index >= 15 is 0 Å². The predicted octanol–water partition coefficient (Wildman–Crippen LogP) is 1.14. The molecule has 122 valence electrons. The van der Waals surface area contributed by atoms with Gasteiger partial charge in [0.15, 0.2) is 0 Å². The second kappa shape index (κ2) is 8.11. The SMILES string of the molecule is CCC1(CC)CC(NC(=O)CN2CCCNCC2)CCO1. The Morgan fingerprint density at radius 1 is 1.33 bits per heavy atom. The molecule has 1 unspecified atom stereocenters. The summed E-state index contributed by atoms with van der Waals surface area (Å²) in [7, 11) is 0. The van der Waals surface area contributed by atoms with Crippen LogP contribution in [-0.4, -0.2) is 61.8 Å². The van der Waals surface area contributed by atoms with Gasteiger partial charge in [-0.15, -0.1) is 0 Å². The number of nitrogens with one attached hydrogen (secondary N) is 2. The normalized spacial score (nSPS) is 27.0. The number of carbonyl (C=O) groups excluding carboxylic acids is 1. The highest BCUT2D eigenvalue weighted by Gasteiger charge is 2.35. The lowest BCUT2D eigenvalue weighted by Gasteiger charge is -2.40. The van der Waals surface area contributed by atoms with Gasteiger partial charge >= 0.3 is 0 Å². The third-order valence-electron chi connectivity index (χ3n) is 4.95. The highest BCUT2D eigenvalue weighted by Crippen LogP contribution is 2.31. The second-order valence-corrected chi connectivity index (χ2v) is 6.38. The summed E-state index contributed by atoms with van der Waals surface area (Å²) in [5.74, 6) is 0.171. The lowest BCUT2D eigenvalue weighted by atomic mass is 9.86. The van der Waals surface area contributed by atoms with Crippen LogP contribution < -0.4 is 10.6 Å². The second-order valence-electron chi connectivity index (χ2n) is 6.38. The van der Waals surface area contributed by atoms with Gasteiger partial charge in [0.25, 0.3) is 0 Å². The molecule has 5 heteroatoms. The molecule has 1 atom stereocenters. The highest BCUT2D eigenvalue weighted by atomic mass is 16.5. The lowest BCUT2D eigenvalue weighted by Crippen LogP contribution is -2.50. The first-order valence-electron chi connectivity index (χ1n) is 8.54. The van der Waals surface area contributed by atoms with E-state index in [0.29, 0.717) is 6.54 Å². The minimum absolute atomic E-state index is 0.0251. The van der Waals surface area contributed by atoms with Crippen LogP contribution in [0, 0.1) is 0 Å². The number of nitrogens with zero attached hydrogens (tertiary/aromatic N) is 1. The van der Waals surface area contributed by atoms with Gasteiger partial charge in [-0.05, 0) is 45.2 Å². The molecule has 0 saturated carbocycles. The third-order valence-corrected chi connectivity index (χ3v) is 4.95. The molecule has 1 amide bonds. The molecule has 2 saturated heterocycles. The summed E-state index contributed by atoms with van der Waals surface area (Å²) in [6.07, 6.45) is 5.06. The number of amides is 1. The van der Waals surface area contributed by atoms with E-state index in [4.69, 9.17) is 4.74 Å². The largest absolute Gasteiger partial charge is 0.375 e. The van der Waals surface area contributed by atoms with Crippen molar-refractivity contribution in [1.82, 2.24) is 15.5 Å². The minimum atomic E-state index is -0.0251. The fourth-order valence-electron chi connectivity index (χ4n) is 3.43. The Kier molecular flexibility index (Phi) is 6.45. The minimum Gasteiger partial charge on any atom is -0.375 e. The molecule has 0 bridgehead atoms. The van der Waals surface area contributed by atoms with E-state index in [1.165, 1.54) is 0 Å². The van der Waals surface area contributed by atoms with Gasteiger partial charge in [-0.1, -0.05) is 13.8 Å². The molecule has 5 nitrogen and oxygen atoms in total. The van der Waals surface area contributed by atoms with Crippen LogP contribution >= 0.6 is 0 Å². The van der Waals surface area contributed by atoms with Crippen molar-refractivity contribution in [3.63, 3.8) is 0 Å². The molecule has 2 aliphatic heterocycles. The number of rotatable bonds is 5. The molecule has 0 aromatic carbocycles. The average molecular weight is 297 g/mol. The number of ether oxygens (including phenoxy) is 1. The zero-order valence-corrected chi connectivity index (χ0v) is 13.6. The maximum atomic E-state index is 12.3. The summed E-state index contributed by atoms with van der Waals surface area (Å²) in [4.78, 5) is 14.5. The van der Waals surface area contributed by atoms with Crippen molar-refractivity contribution in [2.45, 2.75) is 57.6 Å². The van der Waals surface area contributed by atoms with E-state index in [-0.39, 0.29) is 17.6 Å². The van der Waals surface area contributed by atoms with E-state index in [2.05, 4.69) is 29.4 Å². The fourth-order valence-corrected chi connectivity index (χ4v) is 3.43. The summed E-state index contributed by atoms with van der Waals surface area (Å²) >= 11 is 0. The van der Waals surface area contributed by atoms with Crippen LogP contribution in [0.1, 0.15) is 46.0 Å². The zero-order chi connectivity index (χ0) is 15.1. The van der Waals surface area contributed by atoms with Gasteiger partial charge in [0, 0.05) is 25.7 Å². The van der Waals surface area contributed by atoms with Crippen LogP contribution in [0.3, 0.4) is 0 Å². The van der Waals surface area contributed by atoms with Crippen molar-refractivity contribution in [3.8, 4) is 0 Å². The van der Waals surface area contributed by atoms with Gasteiger partial charge in [-0.3, -0.25) is 9.69 Å². The molecule has 2 rings (SSSR count). The van der Waals surface area contributed by atoms with Crippen molar-refractivity contribution in [3.05, 3.63) is 0 Å². The summed E-state index contributed by atoms with van der Waals surface area (Å²) < 4.78 is 5.97. The topological polar surface area (TPSA) is 53.6 Å². The van der Waals surface area contributed by atoms with Gasteiger partial charge in [0.1, 0.15) is 0 Å². The molecule has 21 heavy (non-hydrogen) atoms. The number of carbonyl (C=O) groups is 1. The molecule has 2 heterocycles. The van der Waals surface area contributed by atoms with Gasteiger partial charge < -0.3 is 15.4 Å². The molecule has 0 aromatic heterocycles. The molecule has 0 radical (unpaired) electrons. The smallest absolute Gasteiger partial charge is 0.234 e. The van der Waals surface area contributed by atoms with Crippen LogP contribution in [0.2, 0.25) is 0 Å². The van der Waals surface area contributed by atoms with E-state index < -0.39 is 0 Å². The molecular formula is C16H31N3O2. The molecule has 0 aliphatic carbocycles. The average Bonchev–Trinajstić information content (AvgIpc) is 2.76. The Morgan fingerprint density at radius 3 is 2.90 bits per heavy atom. The van der Waals surface area contributed by atoms with Gasteiger partial charge in [-0.25, -0.2) is 0 Å². The standard InChI is InChI=1S/C16H31N3O2/c1-3-16(4-2)12-14(6-11-21-16)18-15(20)13-19-9-5-7-17-8-10-19/h14,17H,3-13H2,1-2H3,(H,18,20). The number of hydrogen-bond acceptors (Lipinski definition) is 4. The molecular weight excluding hydrogens is 266 g/mol. The Morgan fingerprint density at radius 2 is 2.14 bits per heavy atom. The van der Waals surface area contributed by atoms with Crippen molar-refractivity contribution in [1.29, 1.82) is 0 Å². The first-order valence-corrected chi connectivity index (χ1v) is 8.54. The van der Waals surface area contributed by atoms with Crippen LogP contribution in [0.25, 0.3) is 0 Å². The van der Waals surface area contributed by atoms with Gasteiger partial charge in [0.2, 0.25) is 5.91 Å². The molecule has 2 aliphatic rings. The quantitative estimate of drug-likeness (QED) is 0.799. The Labute approximate surface area is 128 Å². The van der Waals surface area contributed by atoms with Gasteiger partial charge in [0.05, 0.1) is 12.1 Å². The molecule has 0 spiro atoms. The summed E-state index contributed by atoms with van der Waals surface area (Å²) in [6, 6.07) is 0.274. The monoisotopic (exact) mass is 297 g/mol. The zero-order valence-electron chi connectivity index (χ0n) is 13.6.